The van der Waals surface area contributed by atoms with Crippen LogP contribution in [0.1, 0.15) is 72.8 Å². The Morgan fingerprint density at radius 2 is 1.66 bits per heavy atom. The van der Waals surface area contributed by atoms with E-state index >= 15 is 4.39 Å². The number of phenols is 1. The second kappa shape index (κ2) is 16.0. The van der Waals surface area contributed by atoms with Crippen molar-refractivity contribution in [2.24, 2.45) is 0 Å². The SMILES string of the molecule is Nc1nnc(-c2ccccc2O)cc1N1CCC[C@H](c2ccc(C(=O)N3CCC(F)(CN4CCC(n5ccc6c(N7CCC(=O)NC7=O)cccc65)CC4)CC3)cc2)C1. The first-order valence-corrected chi connectivity index (χ1v) is 20.8. The minimum absolute atomic E-state index is 0.0616. The Kier molecular flexibility index (Phi) is 10.4. The Bertz CT molecular complexity index is 2370. The molecule has 13 nitrogen and oxygen atoms in total. The number of amides is 4. The van der Waals surface area contributed by atoms with E-state index in [1.165, 1.54) is 0 Å². The number of hydrogen-bond acceptors (Lipinski definition) is 9. The number of likely N-dealkylation sites (tertiary alicyclic amines) is 2. The van der Waals surface area contributed by atoms with E-state index in [0.29, 0.717) is 61.7 Å². The first-order valence-electron chi connectivity index (χ1n) is 20.8. The van der Waals surface area contributed by atoms with E-state index in [9.17, 15) is 19.5 Å². The van der Waals surface area contributed by atoms with Gasteiger partial charge in [0, 0.05) is 106 Å². The first-order chi connectivity index (χ1) is 28.6. The summed E-state index contributed by atoms with van der Waals surface area (Å²) in [6.45, 7) is 4.62. The Balaban J connectivity index is 0.770. The fraction of sp³-hybridized carbons (Fsp3) is 0.400. The van der Waals surface area contributed by atoms with Gasteiger partial charge in [0.2, 0.25) is 5.91 Å². The van der Waals surface area contributed by atoms with Crippen LogP contribution < -0.4 is 20.9 Å². The maximum atomic E-state index is 16.3. The third kappa shape index (κ3) is 7.81. The van der Waals surface area contributed by atoms with E-state index < -0.39 is 11.7 Å². The van der Waals surface area contributed by atoms with Crippen LogP contribution in [0.2, 0.25) is 0 Å². The van der Waals surface area contributed by atoms with E-state index in [1.807, 2.05) is 54.6 Å². The first kappa shape index (κ1) is 38.5. The van der Waals surface area contributed by atoms with Crippen molar-refractivity contribution in [1.29, 1.82) is 0 Å². The Hall–Kier alpha value is -6.02. The summed E-state index contributed by atoms with van der Waals surface area (Å²) >= 11 is 0. The highest BCUT2D eigenvalue weighted by Crippen LogP contribution is 2.37. The van der Waals surface area contributed by atoms with Gasteiger partial charge in [0.15, 0.2) is 5.82 Å². The average molecular weight is 800 g/mol. The molecule has 59 heavy (non-hydrogen) atoms. The molecule has 4 saturated heterocycles. The van der Waals surface area contributed by atoms with Gasteiger partial charge in [-0.25, -0.2) is 9.18 Å². The number of nitrogens with one attached hydrogen (secondary N) is 1. The zero-order valence-corrected chi connectivity index (χ0v) is 33.1. The number of rotatable bonds is 8. The second-order valence-corrected chi connectivity index (χ2v) is 16.6. The predicted molar refractivity (Wildman–Crippen MR) is 225 cm³/mol. The van der Waals surface area contributed by atoms with Crippen molar-refractivity contribution in [2.45, 2.75) is 62.6 Å². The molecule has 4 N–H and O–H groups in total. The van der Waals surface area contributed by atoms with Gasteiger partial charge in [0.05, 0.1) is 22.6 Å². The van der Waals surface area contributed by atoms with Crippen LogP contribution in [-0.4, -0.2) is 106 Å². The smallest absolute Gasteiger partial charge is 0.328 e. The standard InChI is InChI=1S/C45H50FN9O4/c46-45(29-51-21-14-33(15-22-51)54-23-16-35-37(54)7-3-8-38(35)55-24-17-41(57)48-44(55)59)18-25-52(26-19-45)43(58)31-12-10-30(11-13-31)32-5-4-20-53(28-32)39-27-36(49-50-42(39)47)34-6-1-2-9-40(34)56/h1-3,6-13,16,23,27,32-33,56H,4-5,14-15,17-22,24-26,28-29H2,(H2,47,50)(H,48,57,59)/t32-/m0/s1. The third-order valence-corrected chi connectivity index (χ3v) is 12.9. The highest BCUT2D eigenvalue weighted by Gasteiger charge is 2.39. The number of hydrogen-bond donors (Lipinski definition) is 3. The van der Waals surface area contributed by atoms with Gasteiger partial charge in [-0.1, -0.05) is 30.3 Å². The van der Waals surface area contributed by atoms with Crippen molar-refractivity contribution < 1.29 is 23.9 Å². The molecule has 3 aromatic carbocycles. The van der Waals surface area contributed by atoms with Gasteiger partial charge in [-0.15, -0.1) is 10.2 Å². The summed E-state index contributed by atoms with van der Waals surface area (Å²) in [6, 6.07) is 24.7. The molecule has 0 aliphatic carbocycles. The molecule has 2 aromatic heterocycles. The number of para-hydroxylation sites is 1. The number of imide groups is 1. The van der Waals surface area contributed by atoms with Gasteiger partial charge in [0.25, 0.3) is 5.91 Å². The summed E-state index contributed by atoms with van der Waals surface area (Å²) in [5.41, 5.74) is 10.5. The lowest BCUT2D eigenvalue weighted by atomic mass is 9.89. The normalized spacial score (nSPS) is 20.6. The maximum absolute atomic E-state index is 16.3. The van der Waals surface area contributed by atoms with Crippen molar-refractivity contribution in [3.05, 3.63) is 96.2 Å². The Morgan fingerprint density at radius 1 is 0.881 bits per heavy atom. The molecule has 14 heteroatoms. The number of halogens is 1. The van der Waals surface area contributed by atoms with Gasteiger partial charge in [-0.2, -0.15) is 0 Å². The highest BCUT2D eigenvalue weighted by molar-refractivity contribution is 6.09. The molecule has 4 amide bonds. The predicted octanol–water partition coefficient (Wildman–Crippen LogP) is 6.50. The summed E-state index contributed by atoms with van der Waals surface area (Å²) in [4.78, 5) is 45.8. The number of alkyl halides is 1. The van der Waals surface area contributed by atoms with E-state index in [4.69, 9.17) is 5.73 Å². The lowest BCUT2D eigenvalue weighted by Gasteiger charge is -2.41. The molecule has 5 aromatic rings. The van der Waals surface area contributed by atoms with Crippen LogP contribution in [0.5, 0.6) is 5.75 Å². The summed E-state index contributed by atoms with van der Waals surface area (Å²) in [6.07, 6.45) is 6.73. The molecule has 0 unspecified atom stereocenters. The van der Waals surface area contributed by atoms with Crippen LogP contribution in [0, 0.1) is 0 Å². The lowest BCUT2D eigenvalue weighted by molar-refractivity contribution is -0.120. The molecule has 4 aliphatic rings. The van der Waals surface area contributed by atoms with Crippen LogP contribution in [0.4, 0.5) is 26.4 Å². The van der Waals surface area contributed by atoms with Crippen molar-refractivity contribution >= 4 is 45.9 Å². The summed E-state index contributed by atoms with van der Waals surface area (Å²) in [5, 5.41) is 22.2. The number of fused-ring (bicyclic) bond motifs is 1. The number of piperidine rings is 3. The number of phenolic OH excluding ortho intramolecular Hbond substituents is 1. The quantitative estimate of drug-likeness (QED) is 0.160. The van der Waals surface area contributed by atoms with Crippen LogP contribution in [-0.2, 0) is 4.79 Å². The number of urea groups is 1. The van der Waals surface area contributed by atoms with Crippen LogP contribution in [0.25, 0.3) is 22.2 Å². The largest absolute Gasteiger partial charge is 0.507 e. The average Bonchev–Trinajstić information content (AvgIpc) is 3.69. The number of nitrogen functional groups attached to an aromatic ring is 1. The van der Waals surface area contributed by atoms with Gasteiger partial charge in [-0.05, 0) is 79.8 Å². The molecular weight excluding hydrogens is 750 g/mol. The number of nitrogens with zero attached hydrogens (tertiary/aromatic N) is 7. The molecule has 0 spiro atoms. The molecule has 0 saturated carbocycles. The van der Waals surface area contributed by atoms with E-state index in [2.05, 4.69) is 42.1 Å². The number of aromatic nitrogens is 3. The molecule has 1 atom stereocenters. The number of benzene rings is 3. The molecule has 4 fully saturated rings. The van der Waals surface area contributed by atoms with Crippen LogP contribution in [0.15, 0.2) is 85.1 Å². The molecular formula is C45H50FN9O4. The van der Waals surface area contributed by atoms with Gasteiger partial charge >= 0.3 is 6.03 Å². The maximum Gasteiger partial charge on any atom is 0.328 e. The Morgan fingerprint density at radius 3 is 2.42 bits per heavy atom. The highest BCUT2D eigenvalue weighted by atomic mass is 19.1. The van der Waals surface area contributed by atoms with Crippen molar-refractivity contribution in [3.8, 4) is 17.0 Å². The van der Waals surface area contributed by atoms with E-state index in [-0.39, 0.29) is 35.9 Å². The summed E-state index contributed by atoms with van der Waals surface area (Å²) < 4.78 is 18.6. The molecule has 4 aliphatic heterocycles. The van der Waals surface area contributed by atoms with Crippen molar-refractivity contribution in [3.63, 3.8) is 0 Å². The minimum Gasteiger partial charge on any atom is -0.507 e. The number of carbonyl (C=O) groups is 3. The molecule has 306 valence electrons. The van der Waals surface area contributed by atoms with Crippen LogP contribution in [0.3, 0.4) is 0 Å². The van der Waals surface area contributed by atoms with Gasteiger partial charge < -0.3 is 30.1 Å². The number of carbonyl (C=O) groups excluding carboxylic acids is 3. The molecule has 9 rings (SSSR count). The van der Waals surface area contributed by atoms with Crippen molar-refractivity contribution in [2.75, 3.05) is 67.9 Å². The number of aromatic hydroxyl groups is 1. The number of nitrogens with two attached hydrogens (primary N) is 1. The van der Waals surface area contributed by atoms with Gasteiger partial charge in [0.1, 0.15) is 11.4 Å². The monoisotopic (exact) mass is 799 g/mol. The van der Waals surface area contributed by atoms with Crippen molar-refractivity contribution in [1.82, 2.24) is 29.9 Å². The van der Waals surface area contributed by atoms with E-state index in [0.717, 1.165) is 79.7 Å². The zero-order valence-electron chi connectivity index (χ0n) is 33.1. The number of anilines is 3. The minimum atomic E-state index is -1.35. The fourth-order valence-corrected chi connectivity index (χ4v) is 9.56. The van der Waals surface area contributed by atoms with E-state index in [1.54, 1.807) is 28.0 Å². The summed E-state index contributed by atoms with van der Waals surface area (Å²) in [5.74, 6) is 0.405. The lowest BCUT2D eigenvalue weighted by Crippen LogP contribution is -2.51. The molecule has 0 bridgehead atoms. The summed E-state index contributed by atoms with van der Waals surface area (Å²) in [7, 11) is 0. The zero-order chi connectivity index (χ0) is 40.7. The topological polar surface area (TPSA) is 153 Å². The third-order valence-electron chi connectivity index (χ3n) is 12.9. The molecule has 6 heterocycles. The van der Waals surface area contributed by atoms with Gasteiger partial charge in [-0.3, -0.25) is 19.8 Å². The fourth-order valence-electron chi connectivity index (χ4n) is 9.56. The second-order valence-electron chi connectivity index (χ2n) is 16.6. The Labute approximate surface area is 342 Å². The molecule has 0 radical (unpaired) electrons. The van der Waals surface area contributed by atoms with Crippen LogP contribution >= 0.6 is 0 Å².